The van der Waals surface area contributed by atoms with E-state index in [1.54, 1.807) is 0 Å². The number of ether oxygens (including phenoxy) is 1. The van der Waals surface area contributed by atoms with Crippen molar-refractivity contribution in [3.05, 3.63) is 0 Å². The lowest BCUT2D eigenvalue weighted by Gasteiger charge is -2.24. The van der Waals surface area contributed by atoms with Crippen LogP contribution in [0.3, 0.4) is 0 Å². The summed E-state index contributed by atoms with van der Waals surface area (Å²) in [5, 5.41) is 3.64. The van der Waals surface area contributed by atoms with E-state index in [1.807, 2.05) is 0 Å². The fourth-order valence-electron chi connectivity index (χ4n) is 4.29. The van der Waals surface area contributed by atoms with Crippen LogP contribution in [-0.2, 0) is 4.74 Å². The Hall–Kier alpha value is -0.0800. The second-order valence-electron chi connectivity index (χ2n) is 6.81. The van der Waals surface area contributed by atoms with Crippen LogP contribution in [0.4, 0.5) is 0 Å². The second kappa shape index (κ2) is 5.92. The highest BCUT2D eigenvalue weighted by atomic mass is 16.5. The summed E-state index contributed by atoms with van der Waals surface area (Å²) >= 11 is 0. The smallest absolute Gasteiger partial charge is 0.0708 e. The SMILES string of the molecule is C1CCC(CCNCC2CCC3(CCCC3)O2)C1. The van der Waals surface area contributed by atoms with Crippen LogP contribution in [0.2, 0.25) is 0 Å². The predicted octanol–water partition coefficient (Wildman–Crippen LogP) is 3.65. The molecule has 0 aromatic heterocycles. The highest BCUT2D eigenvalue weighted by molar-refractivity contribution is 4.93. The Balaban J connectivity index is 1.29. The maximum Gasteiger partial charge on any atom is 0.0708 e. The molecule has 3 fully saturated rings. The molecule has 2 heteroatoms. The summed E-state index contributed by atoms with van der Waals surface area (Å²) in [4.78, 5) is 0. The maximum atomic E-state index is 6.32. The van der Waals surface area contributed by atoms with Crippen molar-refractivity contribution in [3.8, 4) is 0 Å². The number of rotatable bonds is 5. The fraction of sp³-hybridized carbons (Fsp3) is 1.00. The highest BCUT2D eigenvalue weighted by Crippen LogP contribution is 2.43. The largest absolute Gasteiger partial charge is 0.370 e. The first-order valence-electron chi connectivity index (χ1n) is 8.25. The molecule has 104 valence electrons. The van der Waals surface area contributed by atoms with E-state index in [0.29, 0.717) is 11.7 Å². The lowest BCUT2D eigenvalue weighted by molar-refractivity contribution is -0.0350. The minimum absolute atomic E-state index is 0.317. The van der Waals surface area contributed by atoms with Gasteiger partial charge in [0.15, 0.2) is 0 Å². The van der Waals surface area contributed by atoms with E-state index in [4.69, 9.17) is 4.74 Å². The van der Waals surface area contributed by atoms with E-state index in [9.17, 15) is 0 Å². The van der Waals surface area contributed by atoms with Gasteiger partial charge in [-0.2, -0.15) is 0 Å². The van der Waals surface area contributed by atoms with Crippen LogP contribution in [0.15, 0.2) is 0 Å². The summed E-state index contributed by atoms with van der Waals surface area (Å²) in [5.74, 6) is 1.02. The number of hydrogen-bond acceptors (Lipinski definition) is 2. The molecule has 2 aliphatic carbocycles. The third-order valence-electron chi connectivity index (χ3n) is 5.43. The van der Waals surface area contributed by atoms with Gasteiger partial charge >= 0.3 is 0 Å². The maximum absolute atomic E-state index is 6.32. The quantitative estimate of drug-likeness (QED) is 0.753. The molecule has 18 heavy (non-hydrogen) atoms. The van der Waals surface area contributed by atoms with Gasteiger partial charge < -0.3 is 10.1 Å². The highest BCUT2D eigenvalue weighted by Gasteiger charge is 2.41. The minimum Gasteiger partial charge on any atom is -0.370 e. The molecule has 1 N–H and O–H groups in total. The van der Waals surface area contributed by atoms with Crippen LogP contribution in [0, 0.1) is 5.92 Å². The van der Waals surface area contributed by atoms with Gasteiger partial charge in [0.2, 0.25) is 0 Å². The summed E-state index contributed by atoms with van der Waals surface area (Å²) in [6, 6.07) is 0. The molecule has 0 aromatic carbocycles. The average Bonchev–Trinajstić information content (AvgIpc) is 3.10. The number of hydrogen-bond donors (Lipinski definition) is 1. The van der Waals surface area contributed by atoms with Gasteiger partial charge in [0.05, 0.1) is 11.7 Å². The van der Waals surface area contributed by atoms with Crippen LogP contribution in [0.25, 0.3) is 0 Å². The van der Waals surface area contributed by atoms with Crippen molar-refractivity contribution in [2.75, 3.05) is 13.1 Å². The van der Waals surface area contributed by atoms with Crippen molar-refractivity contribution < 1.29 is 4.74 Å². The average molecular weight is 251 g/mol. The Morgan fingerprint density at radius 3 is 2.50 bits per heavy atom. The molecule has 0 aromatic rings. The van der Waals surface area contributed by atoms with Crippen molar-refractivity contribution in [1.29, 1.82) is 0 Å². The molecule has 2 saturated carbocycles. The summed E-state index contributed by atoms with van der Waals surface area (Å²) in [6.45, 7) is 2.30. The molecule has 2 nitrogen and oxygen atoms in total. The molecule has 1 unspecified atom stereocenters. The van der Waals surface area contributed by atoms with E-state index >= 15 is 0 Å². The van der Waals surface area contributed by atoms with Crippen molar-refractivity contribution >= 4 is 0 Å². The van der Waals surface area contributed by atoms with E-state index in [-0.39, 0.29) is 0 Å². The third-order valence-corrected chi connectivity index (χ3v) is 5.43. The molecule has 1 heterocycles. The zero-order valence-electron chi connectivity index (χ0n) is 11.8. The first-order valence-corrected chi connectivity index (χ1v) is 8.25. The van der Waals surface area contributed by atoms with Gasteiger partial charge in [-0.15, -0.1) is 0 Å². The van der Waals surface area contributed by atoms with Crippen molar-refractivity contribution in [1.82, 2.24) is 5.32 Å². The van der Waals surface area contributed by atoms with Gasteiger partial charge in [0.25, 0.3) is 0 Å². The molecule has 0 amide bonds. The van der Waals surface area contributed by atoms with Gasteiger partial charge in [0, 0.05) is 6.54 Å². The standard InChI is InChI=1S/C16H29NO/c1-2-6-14(5-1)8-12-17-13-15-7-11-16(18-15)9-3-4-10-16/h14-15,17H,1-13H2. The van der Waals surface area contributed by atoms with Crippen LogP contribution in [0.5, 0.6) is 0 Å². The van der Waals surface area contributed by atoms with Crippen LogP contribution < -0.4 is 5.32 Å². The van der Waals surface area contributed by atoms with Gasteiger partial charge in [0.1, 0.15) is 0 Å². The Morgan fingerprint density at radius 2 is 1.72 bits per heavy atom. The van der Waals surface area contributed by atoms with Crippen LogP contribution in [0.1, 0.15) is 70.6 Å². The van der Waals surface area contributed by atoms with Gasteiger partial charge in [-0.1, -0.05) is 38.5 Å². The summed E-state index contributed by atoms with van der Waals surface area (Å²) in [5.41, 5.74) is 0.317. The monoisotopic (exact) mass is 251 g/mol. The van der Waals surface area contributed by atoms with Crippen LogP contribution >= 0.6 is 0 Å². The summed E-state index contributed by atoms with van der Waals surface area (Å²) < 4.78 is 6.32. The topological polar surface area (TPSA) is 21.3 Å². The normalized spacial score (nSPS) is 31.7. The summed E-state index contributed by atoms with van der Waals surface area (Å²) in [6.07, 6.45) is 15.8. The minimum atomic E-state index is 0.317. The number of nitrogens with one attached hydrogen (secondary N) is 1. The Labute approximate surface area is 112 Å². The van der Waals surface area contributed by atoms with Crippen molar-refractivity contribution in [3.63, 3.8) is 0 Å². The fourth-order valence-corrected chi connectivity index (χ4v) is 4.29. The third kappa shape index (κ3) is 3.08. The van der Waals surface area contributed by atoms with Crippen molar-refractivity contribution in [2.45, 2.75) is 82.3 Å². The lowest BCUT2D eigenvalue weighted by atomic mass is 9.98. The van der Waals surface area contributed by atoms with E-state index in [1.165, 1.54) is 77.2 Å². The van der Waals surface area contributed by atoms with E-state index in [0.717, 1.165) is 12.5 Å². The van der Waals surface area contributed by atoms with E-state index in [2.05, 4.69) is 5.32 Å². The van der Waals surface area contributed by atoms with Crippen molar-refractivity contribution in [2.24, 2.45) is 5.92 Å². The first kappa shape index (κ1) is 12.9. The second-order valence-corrected chi connectivity index (χ2v) is 6.81. The molecule has 1 atom stereocenters. The Morgan fingerprint density at radius 1 is 0.944 bits per heavy atom. The van der Waals surface area contributed by atoms with E-state index < -0.39 is 0 Å². The Bertz CT molecular complexity index is 254. The first-order chi connectivity index (χ1) is 8.86. The zero-order valence-corrected chi connectivity index (χ0v) is 11.8. The van der Waals surface area contributed by atoms with Gasteiger partial charge in [-0.05, 0) is 44.6 Å². The molecule has 1 saturated heterocycles. The molecule has 3 rings (SSSR count). The predicted molar refractivity (Wildman–Crippen MR) is 74.8 cm³/mol. The molecule has 3 aliphatic rings. The molecular weight excluding hydrogens is 222 g/mol. The zero-order chi connectivity index (χ0) is 12.3. The molecule has 1 aliphatic heterocycles. The molecular formula is C16H29NO. The molecule has 0 radical (unpaired) electrons. The van der Waals surface area contributed by atoms with Gasteiger partial charge in [-0.3, -0.25) is 0 Å². The lowest BCUT2D eigenvalue weighted by Crippen LogP contribution is -2.31. The molecule has 1 spiro atoms. The van der Waals surface area contributed by atoms with Crippen LogP contribution in [-0.4, -0.2) is 24.8 Å². The molecule has 0 bridgehead atoms. The summed E-state index contributed by atoms with van der Waals surface area (Å²) in [7, 11) is 0. The van der Waals surface area contributed by atoms with Gasteiger partial charge in [-0.25, -0.2) is 0 Å². The Kier molecular flexibility index (Phi) is 4.25.